The number of hydrogen-bond donors (Lipinski definition) is 1. The van der Waals surface area contributed by atoms with E-state index in [1.165, 1.54) is 12.1 Å². The van der Waals surface area contributed by atoms with Crippen molar-refractivity contribution in [2.24, 2.45) is 0 Å². The molecule has 0 fully saturated rings. The van der Waals surface area contributed by atoms with Crippen molar-refractivity contribution in [3.05, 3.63) is 41.1 Å². The van der Waals surface area contributed by atoms with E-state index in [0.717, 1.165) is 12.3 Å². The third-order valence-corrected chi connectivity index (χ3v) is 1.40. The van der Waals surface area contributed by atoms with Gasteiger partial charge in [0.05, 0.1) is 4.92 Å². The summed E-state index contributed by atoms with van der Waals surface area (Å²) in [6.45, 7) is 3.25. The van der Waals surface area contributed by atoms with E-state index in [-0.39, 0.29) is 11.5 Å². The molecule has 0 aromatic carbocycles. The minimum atomic E-state index is -0.563. The summed E-state index contributed by atoms with van der Waals surface area (Å²) in [5.74, 6) is -0.160. The molecule has 0 bridgehead atoms. The Morgan fingerprint density at radius 1 is 1.64 bits per heavy atom. The number of nitro groups is 1. The standard InChI is InChI=1S/C8H7N3O3/c1-2-8(12)10-7-4-3-6(5-9-7)11(13)14/h2-5H,1H2,(H,9,10,12). The lowest BCUT2D eigenvalue weighted by atomic mass is 10.4. The van der Waals surface area contributed by atoms with E-state index < -0.39 is 10.8 Å². The Morgan fingerprint density at radius 3 is 2.79 bits per heavy atom. The molecule has 1 N–H and O–H groups in total. The molecule has 1 rings (SSSR count). The third-order valence-electron chi connectivity index (χ3n) is 1.40. The molecule has 0 aliphatic rings. The van der Waals surface area contributed by atoms with Gasteiger partial charge in [-0.25, -0.2) is 4.98 Å². The number of carbonyl (C=O) groups is 1. The van der Waals surface area contributed by atoms with Gasteiger partial charge in [-0.15, -0.1) is 0 Å². The number of hydrogen-bond acceptors (Lipinski definition) is 4. The Hall–Kier alpha value is -2.24. The molecule has 0 spiro atoms. The second-order valence-corrected chi connectivity index (χ2v) is 2.35. The largest absolute Gasteiger partial charge is 0.307 e. The predicted octanol–water partition coefficient (Wildman–Crippen LogP) is 1.11. The summed E-state index contributed by atoms with van der Waals surface area (Å²) in [6.07, 6.45) is 2.15. The smallest absolute Gasteiger partial charge is 0.287 e. The zero-order valence-corrected chi connectivity index (χ0v) is 7.14. The number of carbonyl (C=O) groups excluding carboxylic acids is 1. The van der Waals surface area contributed by atoms with E-state index in [1.807, 2.05) is 0 Å². The molecule has 0 saturated heterocycles. The number of nitrogens with zero attached hydrogens (tertiary/aromatic N) is 2. The summed E-state index contributed by atoms with van der Waals surface area (Å²) in [4.78, 5) is 24.2. The summed E-state index contributed by atoms with van der Waals surface area (Å²) in [7, 11) is 0. The average molecular weight is 193 g/mol. The Morgan fingerprint density at radius 2 is 2.36 bits per heavy atom. The first-order chi connectivity index (χ1) is 6.63. The van der Waals surface area contributed by atoms with E-state index in [4.69, 9.17) is 0 Å². The maximum Gasteiger partial charge on any atom is 0.287 e. The first-order valence-electron chi connectivity index (χ1n) is 3.67. The summed E-state index contributed by atoms with van der Waals surface area (Å²) in [6, 6.07) is 2.60. The van der Waals surface area contributed by atoms with Crippen molar-refractivity contribution in [2.75, 3.05) is 5.32 Å². The number of anilines is 1. The van der Waals surface area contributed by atoms with Crippen molar-refractivity contribution < 1.29 is 9.72 Å². The van der Waals surface area contributed by atoms with Crippen molar-refractivity contribution in [1.82, 2.24) is 4.98 Å². The summed E-state index contributed by atoms with van der Waals surface area (Å²) in [5, 5.41) is 12.6. The van der Waals surface area contributed by atoms with Gasteiger partial charge in [-0.2, -0.15) is 0 Å². The van der Waals surface area contributed by atoms with Crippen LogP contribution >= 0.6 is 0 Å². The third kappa shape index (κ3) is 2.37. The van der Waals surface area contributed by atoms with Crippen LogP contribution < -0.4 is 5.32 Å². The van der Waals surface area contributed by atoms with Crippen molar-refractivity contribution in [1.29, 1.82) is 0 Å². The number of rotatable bonds is 3. The van der Waals surface area contributed by atoms with Crippen LogP contribution in [0.25, 0.3) is 0 Å². The topological polar surface area (TPSA) is 85.1 Å². The van der Waals surface area contributed by atoms with Crippen molar-refractivity contribution in [3.8, 4) is 0 Å². The Balaban J connectivity index is 2.78. The lowest BCUT2D eigenvalue weighted by Crippen LogP contribution is -2.08. The van der Waals surface area contributed by atoms with Gasteiger partial charge in [0, 0.05) is 6.07 Å². The first kappa shape index (κ1) is 9.85. The van der Waals surface area contributed by atoms with Crippen LogP contribution in [-0.4, -0.2) is 15.8 Å². The fraction of sp³-hybridized carbons (Fsp3) is 0. The maximum absolute atomic E-state index is 10.8. The highest BCUT2D eigenvalue weighted by Crippen LogP contribution is 2.11. The lowest BCUT2D eigenvalue weighted by molar-refractivity contribution is -0.385. The fourth-order valence-electron chi connectivity index (χ4n) is 0.745. The zero-order valence-electron chi connectivity index (χ0n) is 7.14. The van der Waals surface area contributed by atoms with E-state index in [2.05, 4.69) is 16.9 Å². The van der Waals surface area contributed by atoms with Gasteiger partial charge in [0.15, 0.2) is 0 Å². The highest BCUT2D eigenvalue weighted by Gasteiger charge is 2.05. The van der Waals surface area contributed by atoms with Gasteiger partial charge in [0.2, 0.25) is 5.91 Å². The molecule has 0 unspecified atom stereocenters. The van der Waals surface area contributed by atoms with Crippen LogP contribution in [0.3, 0.4) is 0 Å². The molecular formula is C8H7N3O3. The highest BCUT2D eigenvalue weighted by atomic mass is 16.6. The molecule has 1 aromatic rings. The first-order valence-corrected chi connectivity index (χ1v) is 3.67. The number of pyridine rings is 1. The van der Waals surface area contributed by atoms with E-state index in [9.17, 15) is 14.9 Å². The molecule has 0 atom stereocenters. The summed E-state index contributed by atoms with van der Waals surface area (Å²) < 4.78 is 0. The van der Waals surface area contributed by atoms with Gasteiger partial charge in [-0.05, 0) is 12.1 Å². The molecule has 0 aliphatic heterocycles. The van der Waals surface area contributed by atoms with Gasteiger partial charge >= 0.3 is 0 Å². The molecule has 6 nitrogen and oxygen atoms in total. The van der Waals surface area contributed by atoms with Crippen LogP contribution in [0.1, 0.15) is 0 Å². The fourth-order valence-corrected chi connectivity index (χ4v) is 0.745. The second kappa shape index (κ2) is 4.13. The molecule has 0 radical (unpaired) electrons. The molecule has 6 heteroatoms. The van der Waals surface area contributed by atoms with Crippen LogP contribution in [0.4, 0.5) is 11.5 Å². The van der Waals surface area contributed by atoms with Crippen molar-refractivity contribution in [2.45, 2.75) is 0 Å². The van der Waals surface area contributed by atoms with E-state index in [1.54, 1.807) is 0 Å². The summed E-state index contributed by atoms with van der Waals surface area (Å²) in [5.41, 5.74) is -0.124. The van der Waals surface area contributed by atoms with Crippen LogP contribution in [0.15, 0.2) is 31.0 Å². The molecule has 1 aromatic heterocycles. The van der Waals surface area contributed by atoms with Gasteiger partial charge in [-0.3, -0.25) is 14.9 Å². The van der Waals surface area contributed by atoms with Crippen LogP contribution in [0.2, 0.25) is 0 Å². The molecule has 1 amide bonds. The van der Waals surface area contributed by atoms with Crippen molar-refractivity contribution >= 4 is 17.4 Å². The van der Waals surface area contributed by atoms with Gasteiger partial charge in [-0.1, -0.05) is 6.58 Å². The number of amides is 1. The zero-order chi connectivity index (χ0) is 10.6. The maximum atomic E-state index is 10.8. The molecule has 14 heavy (non-hydrogen) atoms. The number of nitrogens with one attached hydrogen (secondary N) is 1. The molecule has 72 valence electrons. The summed E-state index contributed by atoms with van der Waals surface area (Å²) >= 11 is 0. The van der Waals surface area contributed by atoms with Crippen LogP contribution in [0.5, 0.6) is 0 Å². The second-order valence-electron chi connectivity index (χ2n) is 2.35. The number of aromatic nitrogens is 1. The molecule has 0 aliphatic carbocycles. The normalized spacial score (nSPS) is 9.14. The lowest BCUT2D eigenvalue weighted by Gasteiger charge is -1.98. The SMILES string of the molecule is C=CC(=O)Nc1ccc([N+](=O)[O-])cn1. The molecule has 1 heterocycles. The Kier molecular flexibility index (Phi) is 2.90. The average Bonchev–Trinajstić information content (AvgIpc) is 2.18. The monoisotopic (exact) mass is 193 g/mol. The minimum Gasteiger partial charge on any atom is -0.307 e. The quantitative estimate of drug-likeness (QED) is 0.442. The predicted molar refractivity (Wildman–Crippen MR) is 49.7 cm³/mol. The molecular weight excluding hydrogens is 186 g/mol. The van der Waals surface area contributed by atoms with E-state index >= 15 is 0 Å². The van der Waals surface area contributed by atoms with Crippen LogP contribution in [0, 0.1) is 10.1 Å². The highest BCUT2D eigenvalue weighted by molar-refractivity contribution is 5.98. The van der Waals surface area contributed by atoms with Gasteiger partial charge in [0.25, 0.3) is 5.69 Å². The minimum absolute atomic E-state index is 0.124. The van der Waals surface area contributed by atoms with Crippen molar-refractivity contribution in [3.63, 3.8) is 0 Å². The Labute approximate surface area is 79.4 Å². The van der Waals surface area contributed by atoms with Gasteiger partial charge in [0.1, 0.15) is 12.0 Å². The van der Waals surface area contributed by atoms with Crippen LogP contribution in [-0.2, 0) is 4.79 Å². The van der Waals surface area contributed by atoms with E-state index in [0.29, 0.717) is 0 Å². The molecule has 0 saturated carbocycles. The van der Waals surface area contributed by atoms with Gasteiger partial charge < -0.3 is 5.32 Å². The Bertz CT molecular complexity index is 372.